The smallest absolute Gasteiger partial charge is 0.223 e. The van der Waals surface area contributed by atoms with Crippen LogP contribution in [-0.2, 0) is 4.79 Å². The van der Waals surface area contributed by atoms with Gasteiger partial charge < -0.3 is 9.80 Å². The maximum atomic E-state index is 12.2. The van der Waals surface area contributed by atoms with E-state index < -0.39 is 0 Å². The lowest BCUT2D eigenvalue weighted by Crippen LogP contribution is -2.29. The molecule has 0 saturated carbocycles. The molecular formula is C15H20N2O2. The Bertz CT molecular complexity index is 493. The zero-order chi connectivity index (χ0) is 14.4. The van der Waals surface area contributed by atoms with E-state index in [1.54, 1.807) is 34.2 Å². The quantitative estimate of drug-likeness (QED) is 0.602. The number of amides is 1. The average molecular weight is 260 g/mol. The van der Waals surface area contributed by atoms with Crippen LogP contribution in [0.5, 0.6) is 0 Å². The molecule has 0 heterocycles. The van der Waals surface area contributed by atoms with Crippen molar-refractivity contribution < 1.29 is 9.59 Å². The lowest BCUT2D eigenvalue weighted by atomic mass is 10.1. The molecule has 102 valence electrons. The molecule has 0 N–H and O–H groups in total. The number of benzene rings is 1. The Balaban J connectivity index is 3.15. The van der Waals surface area contributed by atoms with E-state index in [0.717, 1.165) is 0 Å². The first-order valence-corrected chi connectivity index (χ1v) is 6.23. The van der Waals surface area contributed by atoms with Crippen molar-refractivity contribution in [2.75, 3.05) is 25.5 Å². The van der Waals surface area contributed by atoms with Crippen LogP contribution in [0, 0.1) is 0 Å². The molecule has 0 radical (unpaired) electrons. The second-order valence-electron chi connectivity index (χ2n) is 4.42. The fraction of sp³-hybridized carbons (Fsp3) is 0.333. The minimum atomic E-state index is -0.107. The first kappa shape index (κ1) is 15.0. The minimum absolute atomic E-state index is 0.0701. The molecule has 0 aliphatic carbocycles. The fourth-order valence-corrected chi connectivity index (χ4v) is 1.79. The largest absolute Gasteiger partial charge is 0.383 e. The molecular weight excluding hydrogens is 240 g/mol. The van der Waals surface area contributed by atoms with Crippen molar-refractivity contribution in [3.63, 3.8) is 0 Å². The Morgan fingerprint density at radius 2 is 1.84 bits per heavy atom. The topological polar surface area (TPSA) is 40.6 Å². The monoisotopic (exact) mass is 260 g/mol. The van der Waals surface area contributed by atoms with Gasteiger partial charge in [-0.2, -0.15) is 0 Å². The van der Waals surface area contributed by atoms with Crippen molar-refractivity contribution in [3.8, 4) is 0 Å². The predicted octanol–water partition coefficient (Wildman–Crippen LogP) is 2.32. The number of carbonyl (C=O) groups is 2. The number of para-hydroxylation sites is 1. The van der Waals surface area contributed by atoms with E-state index in [1.165, 1.54) is 13.0 Å². The summed E-state index contributed by atoms with van der Waals surface area (Å²) in [6.45, 7) is 3.93. The van der Waals surface area contributed by atoms with Crippen molar-refractivity contribution in [2.45, 2.75) is 13.8 Å². The highest BCUT2D eigenvalue weighted by Crippen LogP contribution is 2.21. The third kappa shape index (κ3) is 3.95. The molecule has 0 aliphatic rings. The number of carbonyl (C=O) groups excluding carboxylic acids is 2. The lowest BCUT2D eigenvalue weighted by Gasteiger charge is -2.21. The van der Waals surface area contributed by atoms with Gasteiger partial charge in [0.15, 0.2) is 5.78 Å². The standard InChI is InChI=1S/C15H20N2O2/c1-5-17(12(2)18)14-9-7-6-8-13(14)15(19)10-11-16(3)4/h6-11H,5H2,1-4H3/b11-10+. The maximum Gasteiger partial charge on any atom is 0.223 e. The van der Waals surface area contributed by atoms with Crippen molar-refractivity contribution in [3.05, 3.63) is 42.1 Å². The van der Waals surface area contributed by atoms with Crippen LogP contribution in [0.1, 0.15) is 24.2 Å². The molecule has 4 nitrogen and oxygen atoms in total. The van der Waals surface area contributed by atoms with Gasteiger partial charge in [-0.15, -0.1) is 0 Å². The lowest BCUT2D eigenvalue weighted by molar-refractivity contribution is -0.116. The van der Waals surface area contributed by atoms with Gasteiger partial charge in [0, 0.05) is 45.4 Å². The van der Waals surface area contributed by atoms with E-state index in [4.69, 9.17) is 0 Å². The fourth-order valence-electron chi connectivity index (χ4n) is 1.79. The number of hydrogen-bond donors (Lipinski definition) is 0. The summed E-state index contributed by atoms with van der Waals surface area (Å²) in [6, 6.07) is 7.16. The van der Waals surface area contributed by atoms with E-state index in [0.29, 0.717) is 17.8 Å². The van der Waals surface area contributed by atoms with Crippen LogP contribution in [-0.4, -0.2) is 37.2 Å². The van der Waals surface area contributed by atoms with Gasteiger partial charge in [0.1, 0.15) is 0 Å². The van der Waals surface area contributed by atoms with Crippen LogP contribution < -0.4 is 4.90 Å². The normalized spacial score (nSPS) is 10.5. The predicted molar refractivity (Wildman–Crippen MR) is 77.3 cm³/mol. The number of nitrogens with zero attached hydrogens (tertiary/aromatic N) is 2. The summed E-state index contributed by atoms with van der Waals surface area (Å²) >= 11 is 0. The van der Waals surface area contributed by atoms with Crippen LogP contribution >= 0.6 is 0 Å². The number of allylic oxidation sites excluding steroid dienone is 1. The molecule has 19 heavy (non-hydrogen) atoms. The second kappa shape index (κ2) is 6.73. The Hall–Kier alpha value is -2.10. The summed E-state index contributed by atoms with van der Waals surface area (Å²) < 4.78 is 0. The molecule has 4 heteroatoms. The summed E-state index contributed by atoms with van der Waals surface area (Å²) in [5.41, 5.74) is 1.20. The average Bonchev–Trinajstić information content (AvgIpc) is 2.37. The molecule has 0 fully saturated rings. The highest BCUT2D eigenvalue weighted by molar-refractivity contribution is 6.10. The second-order valence-corrected chi connectivity index (χ2v) is 4.42. The third-order valence-electron chi connectivity index (χ3n) is 2.68. The highest BCUT2D eigenvalue weighted by atomic mass is 16.2. The van der Waals surface area contributed by atoms with E-state index >= 15 is 0 Å². The Morgan fingerprint density at radius 1 is 1.21 bits per heavy atom. The van der Waals surface area contributed by atoms with Gasteiger partial charge >= 0.3 is 0 Å². The van der Waals surface area contributed by atoms with Crippen molar-refractivity contribution >= 4 is 17.4 Å². The molecule has 0 aliphatic heterocycles. The maximum absolute atomic E-state index is 12.2. The van der Waals surface area contributed by atoms with E-state index in [9.17, 15) is 9.59 Å². The first-order chi connectivity index (χ1) is 8.97. The molecule has 1 aromatic rings. The Morgan fingerprint density at radius 3 is 2.37 bits per heavy atom. The zero-order valence-corrected chi connectivity index (χ0v) is 11.9. The van der Waals surface area contributed by atoms with Gasteiger partial charge in [-0.05, 0) is 19.1 Å². The number of rotatable bonds is 5. The van der Waals surface area contributed by atoms with Crippen LogP contribution in [0.2, 0.25) is 0 Å². The number of anilines is 1. The Labute approximate surface area is 114 Å². The van der Waals surface area contributed by atoms with Gasteiger partial charge in [-0.1, -0.05) is 12.1 Å². The molecule has 0 atom stereocenters. The third-order valence-corrected chi connectivity index (χ3v) is 2.68. The van der Waals surface area contributed by atoms with Crippen LogP contribution in [0.25, 0.3) is 0 Å². The van der Waals surface area contributed by atoms with Gasteiger partial charge in [-0.3, -0.25) is 9.59 Å². The molecule has 1 amide bonds. The zero-order valence-electron chi connectivity index (χ0n) is 11.9. The van der Waals surface area contributed by atoms with Gasteiger partial charge in [0.2, 0.25) is 5.91 Å². The highest BCUT2D eigenvalue weighted by Gasteiger charge is 2.16. The summed E-state index contributed by atoms with van der Waals surface area (Å²) in [4.78, 5) is 27.2. The van der Waals surface area contributed by atoms with E-state index in [1.807, 2.05) is 27.1 Å². The van der Waals surface area contributed by atoms with Crippen LogP contribution in [0.3, 0.4) is 0 Å². The molecule has 1 rings (SSSR count). The molecule has 0 saturated heterocycles. The van der Waals surface area contributed by atoms with Gasteiger partial charge in [0.05, 0.1) is 5.69 Å². The summed E-state index contributed by atoms with van der Waals surface area (Å²) in [5.74, 6) is -0.177. The summed E-state index contributed by atoms with van der Waals surface area (Å²) in [7, 11) is 3.70. The van der Waals surface area contributed by atoms with E-state index in [-0.39, 0.29) is 11.7 Å². The molecule has 0 aromatic heterocycles. The summed E-state index contributed by atoms with van der Waals surface area (Å²) in [6.07, 6.45) is 3.20. The molecule has 1 aromatic carbocycles. The van der Waals surface area contributed by atoms with Crippen molar-refractivity contribution in [1.82, 2.24) is 4.90 Å². The molecule has 0 spiro atoms. The SMILES string of the molecule is CCN(C(C)=O)c1ccccc1C(=O)/C=C/N(C)C. The molecule has 0 unspecified atom stereocenters. The van der Waals surface area contributed by atoms with Crippen LogP contribution in [0.4, 0.5) is 5.69 Å². The van der Waals surface area contributed by atoms with Crippen LogP contribution in [0.15, 0.2) is 36.5 Å². The minimum Gasteiger partial charge on any atom is -0.383 e. The number of hydrogen-bond acceptors (Lipinski definition) is 3. The first-order valence-electron chi connectivity index (χ1n) is 6.23. The van der Waals surface area contributed by atoms with E-state index in [2.05, 4.69) is 0 Å². The summed E-state index contributed by atoms with van der Waals surface area (Å²) in [5, 5.41) is 0. The van der Waals surface area contributed by atoms with Gasteiger partial charge in [0.25, 0.3) is 0 Å². The van der Waals surface area contributed by atoms with Crippen molar-refractivity contribution in [1.29, 1.82) is 0 Å². The number of ketones is 1. The molecule has 0 bridgehead atoms. The Kier molecular flexibility index (Phi) is 5.30. The van der Waals surface area contributed by atoms with Gasteiger partial charge in [-0.25, -0.2) is 0 Å². The van der Waals surface area contributed by atoms with Crippen molar-refractivity contribution in [2.24, 2.45) is 0 Å².